The first kappa shape index (κ1) is 72.5. The van der Waals surface area contributed by atoms with Crippen molar-refractivity contribution >= 4 is 19.7 Å². The monoisotopic (exact) mass is 1060 g/mol. The summed E-state index contributed by atoms with van der Waals surface area (Å²) >= 11 is 0. The third-order valence-corrected chi connectivity index (χ3v) is 15.6. The molecule has 0 saturated heterocycles. The van der Waals surface area contributed by atoms with E-state index < -0.39 is 20.0 Å². The SMILES string of the molecule is CCCCCCCC/C=C/CCCCCCCCCCCCCCCCCC(=O)NC(COP(=O)([O-])OCC[N+](C)(C)C)C(/C=C\CCCCCCCCCCCC)OC(=O)CCCCCCCCCCCCC. The number of hydrogen-bond donors (Lipinski definition) is 1. The Kier molecular flexibility index (Phi) is 53.7. The maximum absolute atomic E-state index is 13.5. The second kappa shape index (κ2) is 54.8. The van der Waals surface area contributed by atoms with Gasteiger partial charge in [0.25, 0.3) is 7.82 Å². The number of esters is 1. The number of carbonyl (C=O) groups is 2. The van der Waals surface area contributed by atoms with E-state index in [0.29, 0.717) is 17.4 Å². The lowest BCUT2D eigenvalue weighted by Crippen LogP contribution is -2.47. The number of rotatable bonds is 59. The Morgan fingerprint density at radius 3 is 1.15 bits per heavy atom. The van der Waals surface area contributed by atoms with Crippen LogP contribution in [0.25, 0.3) is 0 Å². The summed E-state index contributed by atoms with van der Waals surface area (Å²) in [4.78, 5) is 39.9. The summed E-state index contributed by atoms with van der Waals surface area (Å²) in [6.07, 6.45) is 64.4. The zero-order chi connectivity index (χ0) is 54.3. The molecule has 0 aromatic carbocycles. The van der Waals surface area contributed by atoms with E-state index in [0.717, 1.165) is 57.8 Å². The molecule has 74 heavy (non-hydrogen) atoms. The highest BCUT2D eigenvalue weighted by molar-refractivity contribution is 7.45. The van der Waals surface area contributed by atoms with E-state index >= 15 is 0 Å². The van der Waals surface area contributed by atoms with Gasteiger partial charge in [-0.15, -0.1) is 0 Å². The van der Waals surface area contributed by atoms with Crippen LogP contribution in [0.4, 0.5) is 0 Å². The van der Waals surface area contributed by atoms with Gasteiger partial charge in [0.1, 0.15) is 19.3 Å². The normalized spacial score (nSPS) is 13.8. The quantitative estimate of drug-likeness (QED) is 0.0212. The largest absolute Gasteiger partial charge is 0.756 e. The summed E-state index contributed by atoms with van der Waals surface area (Å²) < 4.78 is 30.3. The fraction of sp³-hybridized carbons (Fsp3) is 0.906. The molecular formula is C64H125N2O7P. The van der Waals surface area contributed by atoms with Crippen LogP contribution in [-0.4, -0.2) is 69.4 Å². The maximum Gasteiger partial charge on any atom is 0.306 e. The number of ether oxygens (including phenoxy) is 1. The van der Waals surface area contributed by atoms with Gasteiger partial charge in [0, 0.05) is 12.8 Å². The van der Waals surface area contributed by atoms with Crippen molar-refractivity contribution in [2.45, 2.75) is 335 Å². The number of amides is 1. The van der Waals surface area contributed by atoms with Gasteiger partial charge >= 0.3 is 5.97 Å². The van der Waals surface area contributed by atoms with Crippen LogP contribution in [0.5, 0.6) is 0 Å². The van der Waals surface area contributed by atoms with E-state index in [9.17, 15) is 19.0 Å². The summed E-state index contributed by atoms with van der Waals surface area (Å²) in [5, 5.41) is 3.03. The van der Waals surface area contributed by atoms with E-state index in [1.165, 1.54) is 231 Å². The number of nitrogens with one attached hydrogen (secondary N) is 1. The molecule has 438 valence electrons. The number of hydrogen-bond acceptors (Lipinski definition) is 7. The molecule has 0 aliphatic carbocycles. The number of phosphoric acid groups is 1. The summed E-state index contributed by atoms with van der Waals surface area (Å²) in [7, 11) is 1.20. The Labute approximate surface area is 460 Å². The summed E-state index contributed by atoms with van der Waals surface area (Å²) in [6.45, 7) is 6.87. The minimum Gasteiger partial charge on any atom is -0.756 e. The third-order valence-electron chi connectivity index (χ3n) is 14.6. The van der Waals surface area contributed by atoms with Crippen molar-refractivity contribution in [3.05, 3.63) is 24.3 Å². The Hall–Kier alpha value is -1.51. The average Bonchev–Trinajstić information content (AvgIpc) is 3.36. The van der Waals surface area contributed by atoms with Crippen molar-refractivity contribution in [3.8, 4) is 0 Å². The van der Waals surface area contributed by atoms with Crippen molar-refractivity contribution in [1.82, 2.24) is 5.32 Å². The second-order valence-electron chi connectivity index (χ2n) is 23.3. The second-order valence-corrected chi connectivity index (χ2v) is 24.7. The molecule has 0 heterocycles. The van der Waals surface area contributed by atoms with Crippen LogP contribution in [0.1, 0.15) is 323 Å². The van der Waals surface area contributed by atoms with E-state index in [-0.39, 0.29) is 31.5 Å². The van der Waals surface area contributed by atoms with Gasteiger partial charge in [-0.1, -0.05) is 277 Å². The molecular weight excluding hydrogens is 940 g/mol. The molecule has 1 N–H and O–H groups in total. The van der Waals surface area contributed by atoms with Crippen LogP contribution >= 0.6 is 7.82 Å². The number of allylic oxidation sites excluding steroid dienone is 3. The van der Waals surface area contributed by atoms with Crippen LogP contribution in [0.3, 0.4) is 0 Å². The number of quaternary nitrogens is 1. The molecule has 0 aliphatic heterocycles. The van der Waals surface area contributed by atoms with Crippen LogP contribution < -0.4 is 10.2 Å². The Bertz CT molecular complexity index is 1320. The zero-order valence-electron chi connectivity index (χ0n) is 50.1. The molecule has 1 amide bonds. The highest BCUT2D eigenvalue weighted by Gasteiger charge is 2.27. The Balaban J connectivity index is 5.00. The fourth-order valence-corrected chi connectivity index (χ4v) is 10.4. The van der Waals surface area contributed by atoms with Gasteiger partial charge in [0.05, 0.1) is 33.8 Å². The van der Waals surface area contributed by atoms with Crippen molar-refractivity contribution in [1.29, 1.82) is 0 Å². The van der Waals surface area contributed by atoms with E-state index in [2.05, 4.69) is 38.2 Å². The first-order valence-electron chi connectivity index (χ1n) is 32.1. The predicted molar refractivity (Wildman–Crippen MR) is 317 cm³/mol. The van der Waals surface area contributed by atoms with Crippen LogP contribution in [-0.2, 0) is 27.9 Å². The molecule has 3 atom stereocenters. The molecule has 10 heteroatoms. The zero-order valence-corrected chi connectivity index (χ0v) is 51.0. The van der Waals surface area contributed by atoms with Gasteiger partial charge in [-0.25, -0.2) is 0 Å². The lowest BCUT2D eigenvalue weighted by molar-refractivity contribution is -0.870. The van der Waals surface area contributed by atoms with Gasteiger partial charge in [0.2, 0.25) is 5.91 Å². The number of carbonyl (C=O) groups excluding carboxylic acids is 2. The first-order valence-corrected chi connectivity index (χ1v) is 33.6. The molecule has 0 aromatic rings. The molecule has 0 saturated carbocycles. The van der Waals surface area contributed by atoms with E-state index in [4.69, 9.17) is 13.8 Å². The fourth-order valence-electron chi connectivity index (χ4n) is 9.64. The lowest BCUT2D eigenvalue weighted by atomic mass is 10.0. The van der Waals surface area contributed by atoms with Gasteiger partial charge in [-0.3, -0.25) is 14.2 Å². The summed E-state index contributed by atoms with van der Waals surface area (Å²) in [5.74, 6) is -0.525. The number of phosphoric ester groups is 1. The predicted octanol–water partition coefficient (Wildman–Crippen LogP) is 19.1. The standard InChI is InChI=1S/C64H125N2O7P/c1-7-10-13-16-19-22-25-27-28-29-30-31-32-33-34-35-36-37-38-39-42-44-47-50-53-56-63(67)65-61(60-72-74(69,70)71-59-58-66(4,5)6)62(55-52-49-46-43-41-26-23-20-17-14-11-8-2)73-64(68)57-54-51-48-45-40-24-21-18-15-12-9-3/h27-28,52,55,61-62H,7-26,29-51,53-54,56-60H2,1-6H3,(H-,65,67,69,70)/b28-27+,55-52-. The average molecular weight is 1070 g/mol. The number of unbranched alkanes of at least 4 members (excludes halogenated alkanes) is 41. The van der Waals surface area contributed by atoms with Gasteiger partial charge in [-0.2, -0.15) is 0 Å². The molecule has 0 bridgehead atoms. The molecule has 9 nitrogen and oxygen atoms in total. The molecule has 0 aliphatic rings. The highest BCUT2D eigenvalue weighted by Crippen LogP contribution is 2.38. The minimum atomic E-state index is -4.69. The minimum absolute atomic E-state index is 0.0183. The van der Waals surface area contributed by atoms with Crippen molar-refractivity contribution in [2.75, 3.05) is 40.9 Å². The van der Waals surface area contributed by atoms with Crippen molar-refractivity contribution in [3.63, 3.8) is 0 Å². The molecule has 0 fully saturated rings. The van der Waals surface area contributed by atoms with Crippen molar-refractivity contribution in [2.24, 2.45) is 0 Å². The maximum atomic E-state index is 13.5. The van der Waals surface area contributed by atoms with E-state index in [1.807, 2.05) is 33.3 Å². The van der Waals surface area contributed by atoms with Crippen LogP contribution in [0.2, 0.25) is 0 Å². The van der Waals surface area contributed by atoms with Crippen LogP contribution in [0.15, 0.2) is 24.3 Å². The van der Waals surface area contributed by atoms with Gasteiger partial charge in [0.15, 0.2) is 0 Å². The molecule has 0 aromatic heterocycles. The van der Waals surface area contributed by atoms with E-state index in [1.54, 1.807) is 0 Å². The highest BCUT2D eigenvalue weighted by atomic mass is 31.2. The number of nitrogens with zero attached hydrogens (tertiary/aromatic N) is 1. The smallest absolute Gasteiger partial charge is 0.306 e. The molecule has 0 radical (unpaired) electrons. The summed E-state index contributed by atoms with van der Waals surface area (Å²) in [6, 6.07) is -0.881. The van der Waals surface area contributed by atoms with Crippen molar-refractivity contribution < 1.29 is 37.3 Å². The molecule has 0 rings (SSSR count). The Morgan fingerprint density at radius 2 is 0.784 bits per heavy atom. The van der Waals surface area contributed by atoms with Crippen LogP contribution in [0, 0.1) is 0 Å². The van der Waals surface area contributed by atoms with Gasteiger partial charge < -0.3 is 28.5 Å². The summed E-state index contributed by atoms with van der Waals surface area (Å²) in [5.41, 5.74) is 0. The topological polar surface area (TPSA) is 114 Å². The van der Waals surface area contributed by atoms with Gasteiger partial charge in [-0.05, 0) is 57.4 Å². The molecule has 0 spiro atoms. The Morgan fingerprint density at radius 1 is 0.459 bits per heavy atom. The molecule has 3 unspecified atom stereocenters. The first-order chi connectivity index (χ1) is 35.9. The number of likely N-dealkylation sites (N-methyl/N-ethyl adjacent to an activating group) is 1. The lowest BCUT2D eigenvalue weighted by Gasteiger charge is -2.30. The third kappa shape index (κ3) is 55.3.